The molecule has 140 valence electrons. The number of aliphatic hydroxyl groups excluding tert-OH is 1. The van der Waals surface area contributed by atoms with E-state index in [4.69, 9.17) is 0 Å². The minimum atomic E-state index is -3.96. The molecule has 0 aromatic rings. The summed E-state index contributed by atoms with van der Waals surface area (Å²) in [4.78, 5) is 0. The molecule has 0 rings (SSSR count). The van der Waals surface area contributed by atoms with Crippen LogP contribution in [0.4, 0.5) is 0 Å². The molecule has 0 aliphatic carbocycles. The Labute approximate surface area is 143 Å². The molecular formula is C18H38O4S. The second-order valence-corrected chi connectivity index (χ2v) is 8.47. The zero-order chi connectivity index (χ0) is 17.6. The van der Waals surface area contributed by atoms with E-state index in [1.165, 1.54) is 19.3 Å². The number of hydrogen-bond acceptors (Lipinski definition) is 3. The van der Waals surface area contributed by atoms with Crippen LogP contribution in [-0.4, -0.2) is 29.4 Å². The van der Waals surface area contributed by atoms with Crippen LogP contribution in [0.15, 0.2) is 0 Å². The molecule has 0 aromatic carbocycles. The quantitative estimate of drug-likeness (QED) is 0.300. The average Bonchev–Trinajstić information content (AvgIpc) is 2.48. The van der Waals surface area contributed by atoms with Gasteiger partial charge in [0.25, 0.3) is 10.1 Å². The van der Waals surface area contributed by atoms with Crippen LogP contribution in [0.2, 0.25) is 0 Å². The van der Waals surface area contributed by atoms with E-state index in [9.17, 15) is 18.1 Å². The lowest BCUT2D eigenvalue weighted by molar-refractivity contribution is 0.147. The van der Waals surface area contributed by atoms with E-state index in [0.717, 1.165) is 44.9 Å². The summed E-state index contributed by atoms with van der Waals surface area (Å²) in [5, 5.41) is 9.30. The predicted octanol–water partition coefficient (Wildman–Crippen LogP) is 5.10. The van der Waals surface area contributed by atoms with E-state index in [-0.39, 0.29) is 6.10 Å². The molecule has 0 saturated carbocycles. The summed E-state index contributed by atoms with van der Waals surface area (Å²) in [7, 11) is -3.96. The summed E-state index contributed by atoms with van der Waals surface area (Å²) in [6.45, 7) is 4.30. The molecule has 0 aliphatic rings. The summed E-state index contributed by atoms with van der Waals surface area (Å²) >= 11 is 0. The van der Waals surface area contributed by atoms with Crippen LogP contribution in [0, 0.1) is 0 Å². The van der Waals surface area contributed by atoms with E-state index in [1.807, 2.05) is 0 Å². The number of unbranched alkanes of at least 4 members (excludes halogenated alkanes) is 7. The fourth-order valence-corrected chi connectivity index (χ4v) is 3.88. The van der Waals surface area contributed by atoms with Gasteiger partial charge >= 0.3 is 0 Å². The van der Waals surface area contributed by atoms with Crippen molar-refractivity contribution in [2.24, 2.45) is 0 Å². The first-order chi connectivity index (χ1) is 10.9. The Bertz CT molecular complexity index is 354. The standard InChI is InChI=1S/C18H38O4S/c1-3-5-7-9-10-13-17(19)14-12-16-18(23(20,21)22)15-11-8-6-4-2/h17-19H,3-16H2,1-2H3,(H,20,21,22). The Hall–Kier alpha value is -0.130. The summed E-state index contributed by atoms with van der Waals surface area (Å²) in [6, 6.07) is 0. The fraction of sp³-hybridized carbons (Fsp3) is 1.00. The van der Waals surface area contributed by atoms with Gasteiger partial charge in [-0.15, -0.1) is 0 Å². The Balaban J connectivity index is 3.88. The van der Waals surface area contributed by atoms with E-state index in [0.29, 0.717) is 25.7 Å². The van der Waals surface area contributed by atoms with Gasteiger partial charge in [-0.1, -0.05) is 71.6 Å². The first-order valence-corrected chi connectivity index (χ1v) is 11.1. The van der Waals surface area contributed by atoms with Crippen LogP contribution in [0.5, 0.6) is 0 Å². The molecule has 2 atom stereocenters. The summed E-state index contributed by atoms with van der Waals surface area (Å²) in [5.74, 6) is 0. The Morgan fingerprint density at radius 3 is 1.70 bits per heavy atom. The van der Waals surface area contributed by atoms with Gasteiger partial charge in [-0.25, -0.2) is 0 Å². The number of rotatable bonds is 16. The second kappa shape index (κ2) is 14.2. The molecule has 0 aliphatic heterocycles. The van der Waals surface area contributed by atoms with Gasteiger partial charge in [0.2, 0.25) is 0 Å². The monoisotopic (exact) mass is 350 g/mol. The van der Waals surface area contributed by atoms with Crippen molar-refractivity contribution in [3.05, 3.63) is 0 Å². The Morgan fingerprint density at radius 1 is 0.696 bits per heavy atom. The zero-order valence-corrected chi connectivity index (χ0v) is 16.0. The van der Waals surface area contributed by atoms with Gasteiger partial charge in [0.1, 0.15) is 0 Å². The molecule has 2 N–H and O–H groups in total. The molecular weight excluding hydrogens is 312 g/mol. The SMILES string of the molecule is CCCCCCCC(O)CCCC(CCCCCC)S(=O)(=O)O. The maximum atomic E-state index is 11.4. The molecule has 4 nitrogen and oxygen atoms in total. The third-order valence-corrected chi connectivity index (χ3v) is 5.82. The normalized spacial score (nSPS) is 14.8. The van der Waals surface area contributed by atoms with Crippen molar-refractivity contribution in [3.63, 3.8) is 0 Å². The van der Waals surface area contributed by atoms with E-state index in [1.54, 1.807) is 0 Å². The van der Waals surface area contributed by atoms with E-state index < -0.39 is 15.4 Å². The highest BCUT2D eigenvalue weighted by Crippen LogP contribution is 2.19. The van der Waals surface area contributed by atoms with Crippen molar-refractivity contribution in [2.45, 2.75) is 115 Å². The molecule has 0 spiro atoms. The number of hydrogen-bond donors (Lipinski definition) is 2. The highest BCUT2D eigenvalue weighted by molar-refractivity contribution is 7.86. The third kappa shape index (κ3) is 14.0. The van der Waals surface area contributed by atoms with Gasteiger partial charge in [0.15, 0.2) is 0 Å². The van der Waals surface area contributed by atoms with Crippen molar-refractivity contribution >= 4 is 10.1 Å². The second-order valence-electron chi connectivity index (χ2n) is 6.77. The van der Waals surface area contributed by atoms with E-state index in [2.05, 4.69) is 13.8 Å². The first-order valence-electron chi connectivity index (χ1n) is 9.56. The lowest BCUT2D eigenvalue weighted by atomic mass is 10.0. The van der Waals surface area contributed by atoms with E-state index >= 15 is 0 Å². The maximum Gasteiger partial charge on any atom is 0.267 e. The molecule has 5 heteroatoms. The summed E-state index contributed by atoms with van der Waals surface area (Å²) in [5.41, 5.74) is 0. The van der Waals surface area contributed by atoms with Gasteiger partial charge in [-0.3, -0.25) is 4.55 Å². The van der Waals surface area contributed by atoms with Crippen LogP contribution in [0.3, 0.4) is 0 Å². The summed E-state index contributed by atoms with van der Waals surface area (Å²) < 4.78 is 32.2. The van der Waals surface area contributed by atoms with Gasteiger partial charge in [-0.05, 0) is 32.1 Å². The van der Waals surface area contributed by atoms with Gasteiger partial charge < -0.3 is 5.11 Å². The lowest BCUT2D eigenvalue weighted by Crippen LogP contribution is -2.21. The predicted molar refractivity (Wildman–Crippen MR) is 97.3 cm³/mol. The van der Waals surface area contributed by atoms with Gasteiger partial charge in [0.05, 0.1) is 11.4 Å². The molecule has 0 bridgehead atoms. The molecule has 0 radical (unpaired) electrons. The first kappa shape index (κ1) is 22.9. The summed E-state index contributed by atoms with van der Waals surface area (Å²) in [6.07, 6.45) is 12.7. The van der Waals surface area contributed by atoms with Crippen molar-refractivity contribution in [3.8, 4) is 0 Å². The molecule has 23 heavy (non-hydrogen) atoms. The molecule has 0 aromatic heterocycles. The lowest BCUT2D eigenvalue weighted by Gasteiger charge is -2.15. The van der Waals surface area contributed by atoms with Gasteiger partial charge in [-0.2, -0.15) is 8.42 Å². The van der Waals surface area contributed by atoms with Crippen molar-refractivity contribution < 1.29 is 18.1 Å². The fourth-order valence-electron chi connectivity index (χ4n) is 2.95. The number of aliphatic hydroxyl groups is 1. The minimum Gasteiger partial charge on any atom is -0.393 e. The van der Waals surface area contributed by atoms with Crippen molar-refractivity contribution in [1.82, 2.24) is 0 Å². The molecule has 0 amide bonds. The highest BCUT2D eigenvalue weighted by atomic mass is 32.2. The smallest absolute Gasteiger partial charge is 0.267 e. The van der Waals surface area contributed by atoms with Crippen LogP contribution >= 0.6 is 0 Å². The highest BCUT2D eigenvalue weighted by Gasteiger charge is 2.22. The minimum absolute atomic E-state index is 0.334. The average molecular weight is 351 g/mol. The van der Waals surface area contributed by atoms with Crippen LogP contribution < -0.4 is 0 Å². The maximum absolute atomic E-state index is 11.4. The molecule has 0 fully saturated rings. The topological polar surface area (TPSA) is 74.6 Å². The van der Waals surface area contributed by atoms with Crippen molar-refractivity contribution in [1.29, 1.82) is 0 Å². The van der Waals surface area contributed by atoms with Crippen LogP contribution in [-0.2, 0) is 10.1 Å². The van der Waals surface area contributed by atoms with Gasteiger partial charge in [0, 0.05) is 0 Å². The zero-order valence-electron chi connectivity index (χ0n) is 15.2. The third-order valence-electron chi connectivity index (χ3n) is 4.51. The Kier molecular flexibility index (Phi) is 14.2. The molecule has 0 saturated heterocycles. The largest absolute Gasteiger partial charge is 0.393 e. The van der Waals surface area contributed by atoms with Crippen LogP contribution in [0.1, 0.15) is 104 Å². The van der Waals surface area contributed by atoms with Crippen LogP contribution in [0.25, 0.3) is 0 Å². The molecule has 2 unspecified atom stereocenters. The Morgan fingerprint density at radius 2 is 1.13 bits per heavy atom. The molecule has 0 heterocycles. The van der Waals surface area contributed by atoms with Crippen molar-refractivity contribution in [2.75, 3.05) is 0 Å².